The summed E-state index contributed by atoms with van der Waals surface area (Å²) in [7, 11) is 0. The average molecular weight is 232 g/mol. The molecule has 0 aromatic carbocycles. The first-order chi connectivity index (χ1) is 8.00. The fourth-order valence-electron chi connectivity index (χ4n) is 0.703. The third-order valence-corrected chi connectivity index (χ3v) is 1.84. The molecule has 3 heterocycles. The van der Waals surface area contributed by atoms with Crippen molar-refractivity contribution in [3.63, 3.8) is 0 Å². The SMILES string of the molecule is c1c[nH]cn1.c1ccncc1.c1cscn1. The number of rotatable bonds is 0. The Bertz CT molecular complexity index is 309. The Labute approximate surface area is 98.1 Å². The van der Waals surface area contributed by atoms with Gasteiger partial charge in [0.15, 0.2) is 0 Å². The number of aromatic nitrogens is 4. The van der Waals surface area contributed by atoms with Crippen LogP contribution in [0.3, 0.4) is 0 Å². The Kier molecular flexibility index (Phi) is 7.19. The molecular formula is C11H12N4S. The zero-order valence-corrected chi connectivity index (χ0v) is 9.42. The van der Waals surface area contributed by atoms with Crippen LogP contribution in [-0.2, 0) is 0 Å². The van der Waals surface area contributed by atoms with Crippen molar-refractivity contribution < 1.29 is 0 Å². The van der Waals surface area contributed by atoms with E-state index in [-0.39, 0.29) is 0 Å². The lowest BCUT2D eigenvalue weighted by Crippen LogP contribution is -1.58. The standard InChI is InChI=1S/C5H5N.C3H4N2.C3H3NS/c1-2-4-6-5-3-1;2*1-2-5-3-4-1/h1-5H;1-3H,(H,4,5);1-3H. The summed E-state index contributed by atoms with van der Waals surface area (Å²) in [5, 5.41) is 1.93. The Balaban J connectivity index is 0.000000121. The van der Waals surface area contributed by atoms with E-state index in [0.717, 1.165) is 0 Å². The topological polar surface area (TPSA) is 54.5 Å². The number of hydrogen-bond acceptors (Lipinski definition) is 4. The van der Waals surface area contributed by atoms with Gasteiger partial charge in [-0.2, -0.15) is 0 Å². The van der Waals surface area contributed by atoms with E-state index in [1.54, 1.807) is 54.2 Å². The lowest BCUT2D eigenvalue weighted by atomic mass is 10.5. The van der Waals surface area contributed by atoms with Gasteiger partial charge in [-0.25, -0.2) is 4.98 Å². The van der Waals surface area contributed by atoms with Crippen LogP contribution in [-0.4, -0.2) is 19.9 Å². The molecule has 3 aromatic heterocycles. The van der Waals surface area contributed by atoms with Crippen LogP contribution in [0.15, 0.2) is 66.4 Å². The molecule has 0 saturated carbocycles. The Morgan fingerprint density at radius 3 is 1.88 bits per heavy atom. The van der Waals surface area contributed by atoms with Gasteiger partial charge in [0.1, 0.15) is 0 Å². The molecule has 5 heteroatoms. The minimum absolute atomic E-state index is 1.60. The third kappa shape index (κ3) is 7.40. The minimum atomic E-state index is 1.60. The number of imidazole rings is 1. The van der Waals surface area contributed by atoms with E-state index in [2.05, 4.69) is 19.9 Å². The molecule has 0 aliphatic rings. The van der Waals surface area contributed by atoms with Gasteiger partial charge in [-0.15, -0.1) is 11.3 Å². The molecule has 0 aliphatic heterocycles. The molecule has 0 bridgehead atoms. The Morgan fingerprint density at radius 2 is 1.69 bits per heavy atom. The molecule has 0 unspecified atom stereocenters. The van der Waals surface area contributed by atoms with E-state index >= 15 is 0 Å². The first-order valence-corrected chi connectivity index (χ1v) is 5.54. The van der Waals surface area contributed by atoms with E-state index < -0.39 is 0 Å². The van der Waals surface area contributed by atoms with Crippen LogP contribution in [0.4, 0.5) is 0 Å². The van der Waals surface area contributed by atoms with E-state index in [4.69, 9.17) is 0 Å². The van der Waals surface area contributed by atoms with Crippen LogP contribution in [0.2, 0.25) is 0 Å². The monoisotopic (exact) mass is 232 g/mol. The third-order valence-electron chi connectivity index (χ3n) is 1.32. The lowest BCUT2D eigenvalue weighted by molar-refractivity contribution is 1.31. The molecular weight excluding hydrogens is 220 g/mol. The molecule has 0 atom stereocenters. The zero-order valence-electron chi connectivity index (χ0n) is 8.60. The van der Waals surface area contributed by atoms with Gasteiger partial charge in [0.2, 0.25) is 0 Å². The summed E-state index contributed by atoms with van der Waals surface area (Å²) in [4.78, 5) is 13.9. The predicted molar refractivity (Wildman–Crippen MR) is 64.9 cm³/mol. The van der Waals surface area contributed by atoms with Gasteiger partial charge in [-0.05, 0) is 12.1 Å². The van der Waals surface area contributed by atoms with Gasteiger partial charge in [0, 0.05) is 36.4 Å². The highest BCUT2D eigenvalue weighted by atomic mass is 32.1. The summed E-state index contributed by atoms with van der Waals surface area (Å²) in [6.07, 6.45) is 10.4. The van der Waals surface area contributed by atoms with E-state index in [1.807, 2.05) is 23.6 Å². The molecule has 0 aliphatic carbocycles. The maximum absolute atomic E-state index is 3.78. The number of H-pyrrole nitrogens is 1. The van der Waals surface area contributed by atoms with Crippen molar-refractivity contribution in [2.24, 2.45) is 0 Å². The van der Waals surface area contributed by atoms with Crippen molar-refractivity contribution in [2.75, 3.05) is 0 Å². The summed E-state index contributed by atoms with van der Waals surface area (Å²) in [5.41, 5.74) is 1.79. The molecule has 0 fully saturated rings. The summed E-state index contributed by atoms with van der Waals surface area (Å²) in [5.74, 6) is 0. The fourth-order valence-corrected chi connectivity index (χ4v) is 1.05. The van der Waals surface area contributed by atoms with Gasteiger partial charge in [-0.3, -0.25) is 9.97 Å². The maximum atomic E-state index is 3.78. The van der Waals surface area contributed by atoms with E-state index in [9.17, 15) is 0 Å². The Morgan fingerprint density at radius 1 is 0.812 bits per heavy atom. The number of thiazole rings is 1. The van der Waals surface area contributed by atoms with Crippen molar-refractivity contribution in [1.29, 1.82) is 0 Å². The minimum Gasteiger partial charge on any atom is -0.351 e. The lowest BCUT2D eigenvalue weighted by Gasteiger charge is -1.70. The second kappa shape index (κ2) is 9.54. The maximum Gasteiger partial charge on any atom is 0.0919 e. The second-order valence-corrected chi connectivity index (χ2v) is 3.22. The second-order valence-electron chi connectivity index (χ2n) is 2.46. The quantitative estimate of drug-likeness (QED) is 0.648. The summed E-state index contributed by atoms with van der Waals surface area (Å²) < 4.78 is 0. The summed E-state index contributed by atoms with van der Waals surface area (Å²) in [6, 6.07) is 5.72. The van der Waals surface area contributed by atoms with Crippen molar-refractivity contribution in [3.05, 3.63) is 66.4 Å². The number of pyridine rings is 1. The van der Waals surface area contributed by atoms with Crippen molar-refractivity contribution >= 4 is 11.3 Å². The number of nitrogens with one attached hydrogen (secondary N) is 1. The molecule has 3 aromatic rings. The number of aromatic amines is 1. The molecule has 4 nitrogen and oxygen atoms in total. The van der Waals surface area contributed by atoms with Crippen LogP contribution >= 0.6 is 11.3 Å². The molecule has 3 rings (SSSR count). The molecule has 1 N–H and O–H groups in total. The number of nitrogens with zero attached hydrogens (tertiary/aromatic N) is 3. The smallest absolute Gasteiger partial charge is 0.0919 e. The van der Waals surface area contributed by atoms with Crippen molar-refractivity contribution in [1.82, 2.24) is 19.9 Å². The predicted octanol–water partition coefficient (Wildman–Crippen LogP) is 2.63. The molecule has 0 spiro atoms. The highest BCUT2D eigenvalue weighted by Crippen LogP contribution is 1.85. The normalized spacial score (nSPS) is 8.00. The Hall–Kier alpha value is -2.01. The van der Waals surface area contributed by atoms with E-state index in [0.29, 0.717) is 0 Å². The highest BCUT2D eigenvalue weighted by molar-refractivity contribution is 7.07. The van der Waals surface area contributed by atoms with Crippen LogP contribution in [0, 0.1) is 0 Å². The molecule has 0 saturated heterocycles. The van der Waals surface area contributed by atoms with E-state index in [1.165, 1.54) is 0 Å². The number of hydrogen-bond donors (Lipinski definition) is 1. The van der Waals surface area contributed by atoms with Gasteiger partial charge in [0.25, 0.3) is 0 Å². The van der Waals surface area contributed by atoms with Crippen molar-refractivity contribution in [2.45, 2.75) is 0 Å². The highest BCUT2D eigenvalue weighted by Gasteiger charge is 1.59. The summed E-state index contributed by atoms with van der Waals surface area (Å²) >= 11 is 1.60. The summed E-state index contributed by atoms with van der Waals surface area (Å²) in [6.45, 7) is 0. The van der Waals surface area contributed by atoms with Crippen LogP contribution in [0.25, 0.3) is 0 Å². The molecule has 16 heavy (non-hydrogen) atoms. The molecule has 0 amide bonds. The van der Waals surface area contributed by atoms with Crippen LogP contribution in [0.1, 0.15) is 0 Å². The first-order valence-electron chi connectivity index (χ1n) is 4.60. The molecule has 0 radical (unpaired) electrons. The molecule has 82 valence electrons. The van der Waals surface area contributed by atoms with Crippen LogP contribution in [0.5, 0.6) is 0 Å². The van der Waals surface area contributed by atoms with Crippen molar-refractivity contribution in [3.8, 4) is 0 Å². The van der Waals surface area contributed by atoms with Gasteiger partial charge in [-0.1, -0.05) is 6.07 Å². The van der Waals surface area contributed by atoms with Gasteiger partial charge in [0.05, 0.1) is 11.8 Å². The fraction of sp³-hybridized carbons (Fsp3) is 0. The van der Waals surface area contributed by atoms with Crippen LogP contribution < -0.4 is 0 Å². The first kappa shape index (κ1) is 12.1. The van der Waals surface area contributed by atoms with Gasteiger partial charge < -0.3 is 4.98 Å². The zero-order chi connectivity index (χ0) is 11.3. The largest absolute Gasteiger partial charge is 0.351 e. The average Bonchev–Trinajstić information content (AvgIpc) is 3.10. The van der Waals surface area contributed by atoms with Gasteiger partial charge >= 0.3 is 0 Å².